The van der Waals surface area contributed by atoms with Crippen LogP contribution in [0.25, 0.3) is 10.9 Å². The fourth-order valence-corrected chi connectivity index (χ4v) is 2.75. The minimum Gasteiger partial charge on any atom is -0.452 e. The van der Waals surface area contributed by atoms with Crippen molar-refractivity contribution in [2.75, 3.05) is 6.54 Å². The van der Waals surface area contributed by atoms with E-state index in [4.69, 9.17) is 4.42 Å². The molecule has 3 aromatic rings. The Labute approximate surface area is 126 Å². The first-order valence-corrected chi connectivity index (χ1v) is 7.41. The molecule has 1 aromatic carbocycles. The number of furan rings is 1. The van der Waals surface area contributed by atoms with Crippen molar-refractivity contribution in [3.63, 3.8) is 0 Å². The zero-order valence-corrected chi connectivity index (χ0v) is 12.7. The number of nitrogens with zero attached hydrogens (tertiary/aromatic N) is 1. The largest absolute Gasteiger partial charge is 0.452 e. The van der Waals surface area contributed by atoms with Gasteiger partial charge in [-0.1, -0.05) is 25.1 Å². The Morgan fingerprint density at radius 2 is 2.10 bits per heavy atom. The van der Waals surface area contributed by atoms with Crippen LogP contribution in [0.3, 0.4) is 0 Å². The Bertz CT molecular complexity index is 718. The van der Waals surface area contributed by atoms with E-state index in [0.29, 0.717) is 0 Å². The van der Waals surface area contributed by atoms with Crippen LogP contribution in [-0.2, 0) is 0 Å². The van der Waals surface area contributed by atoms with Gasteiger partial charge in [-0.15, -0.1) is 0 Å². The number of pyridine rings is 1. The van der Waals surface area contributed by atoms with Crippen molar-refractivity contribution in [3.8, 4) is 0 Å². The van der Waals surface area contributed by atoms with Gasteiger partial charge in [0.1, 0.15) is 5.76 Å². The van der Waals surface area contributed by atoms with Gasteiger partial charge in [-0.3, -0.25) is 4.98 Å². The molecule has 1 N–H and O–H groups in total. The van der Waals surface area contributed by atoms with Crippen molar-refractivity contribution in [1.82, 2.24) is 10.3 Å². The summed E-state index contributed by atoms with van der Waals surface area (Å²) in [6.45, 7) is 2.95. The van der Waals surface area contributed by atoms with Crippen molar-refractivity contribution in [3.05, 3.63) is 64.7 Å². The van der Waals surface area contributed by atoms with Gasteiger partial charge in [-0.25, -0.2) is 0 Å². The summed E-state index contributed by atoms with van der Waals surface area (Å²) in [4.78, 5) is 4.42. The van der Waals surface area contributed by atoms with E-state index in [1.165, 1.54) is 5.56 Å². The standard InChI is InChI=1S/C16H15BrN2O/c1-2-18-16(14-8-9-15(17)20-14)12-5-3-7-13-11(12)6-4-10-19-13/h3-10,16,18H,2H2,1H3. The minimum atomic E-state index is 0.0270. The minimum absolute atomic E-state index is 0.0270. The lowest BCUT2D eigenvalue weighted by molar-refractivity contribution is 0.438. The molecule has 0 spiro atoms. The summed E-state index contributed by atoms with van der Waals surface area (Å²) in [6.07, 6.45) is 1.82. The van der Waals surface area contributed by atoms with Crippen LogP contribution in [-0.4, -0.2) is 11.5 Å². The van der Waals surface area contributed by atoms with E-state index in [1.54, 1.807) is 0 Å². The van der Waals surface area contributed by atoms with Crippen LogP contribution in [0.2, 0.25) is 0 Å². The van der Waals surface area contributed by atoms with E-state index in [9.17, 15) is 0 Å². The van der Waals surface area contributed by atoms with E-state index >= 15 is 0 Å². The van der Waals surface area contributed by atoms with E-state index in [-0.39, 0.29) is 6.04 Å². The second-order valence-corrected chi connectivity index (χ2v) is 5.33. The highest BCUT2D eigenvalue weighted by Crippen LogP contribution is 2.30. The first-order chi connectivity index (χ1) is 9.79. The summed E-state index contributed by atoms with van der Waals surface area (Å²) < 4.78 is 6.48. The van der Waals surface area contributed by atoms with Crippen molar-refractivity contribution in [1.29, 1.82) is 0 Å². The van der Waals surface area contributed by atoms with Gasteiger partial charge in [-0.05, 0) is 52.3 Å². The molecule has 0 aliphatic rings. The smallest absolute Gasteiger partial charge is 0.169 e. The lowest BCUT2D eigenvalue weighted by atomic mass is 9.99. The van der Waals surface area contributed by atoms with Crippen LogP contribution in [0.1, 0.15) is 24.3 Å². The predicted octanol–water partition coefficient (Wildman–Crippen LogP) is 4.29. The van der Waals surface area contributed by atoms with E-state index in [0.717, 1.165) is 27.9 Å². The summed E-state index contributed by atoms with van der Waals surface area (Å²) in [7, 11) is 0. The molecule has 0 fully saturated rings. The molecule has 0 radical (unpaired) electrons. The molecular weight excluding hydrogens is 316 g/mol. The summed E-state index contributed by atoms with van der Waals surface area (Å²) in [5.74, 6) is 0.898. The van der Waals surface area contributed by atoms with Crippen molar-refractivity contribution in [2.24, 2.45) is 0 Å². The highest BCUT2D eigenvalue weighted by atomic mass is 79.9. The fraction of sp³-hybridized carbons (Fsp3) is 0.188. The summed E-state index contributed by atoms with van der Waals surface area (Å²) in [5.41, 5.74) is 2.18. The Balaban J connectivity index is 2.14. The maximum absolute atomic E-state index is 5.74. The van der Waals surface area contributed by atoms with Crippen LogP contribution in [0, 0.1) is 0 Å². The highest BCUT2D eigenvalue weighted by molar-refractivity contribution is 9.10. The number of aromatic nitrogens is 1. The van der Waals surface area contributed by atoms with E-state index < -0.39 is 0 Å². The Hall–Kier alpha value is -1.65. The van der Waals surface area contributed by atoms with Crippen molar-refractivity contribution in [2.45, 2.75) is 13.0 Å². The maximum Gasteiger partial charge on any atom is 0.169 e. The molecule has 102 valence electrons. The van der Waals surface area contributed by atoms with Crippen LogP contribution < -0.4 is 5.32 Å². The molecule has 0 bridgehead atoms. The molecule has 0 saturated heterocycles. The average molecular weight is 331 g/mol. The lowest BCUT2D eigenvalue weighted by Gasteiger charge is -2.17. The highest BCUT2D eigenvalue weighted by Gasteiger charge is 2.19. The molecule has 1 atom stereocenters. The third-order valence-electron chi connectivity index (χ3n) is 3.28. The molecule has 0 aliphatic heterocycles. The molecule has 4 heteroatoms. The molecule has 2 heterocycles. The van der Waals surface area contributed by atoms with Gasteiger partial charge in [0.15, 0.2) is 4.67 Å². The SMILES string of the molecule is CCNC(c1ccc(Br)o1)c1cccc2ncccc12. The van der Waals surface area contributed by atoms with Gasteiger partial charge in [0, 0.05) is 11.6 Å². The van der Waals surface area contributed by atoms with Crippen LogP contribution in [0.4, 0.5) is 0 Å². The molecular formula is C16H15BrN2O. The van der Waals surface area contributed by atoms with Crippen molar-refractivity contribution < 1.29 is 4.42 Å². The first-order valence-electron chi connectivity index (χ1n) is 6.62. The molecule has 0 aliphatic carbocycles. The quantitative estimate of drug-likeness (QED) is 0.775. The Morgan fingerprint density at radius 3 is 2.85 bits per heavy atom. The molecule has 0 saturated carbocycles. The molecule has 1 unspecified atom stereocenters. The maximum atomic E-state index is 5.74. The number of hydrogen-bond donors (Lipinski definition) is 1. The van der Waals surface area contributed by atoms with E-state index in [1.807, 2.05) is 36.5 Å². The summed E-state index contributed by atoms with van der Waals surface area (Å²) >= 11 is 3.37. The summed E-state index contributed by atoms with van der Waals surface area (Å²) in [5, 5.41) is 4.63. The van der Waals surface area contributed by atoms with E-state index in [2.05, 4.69) is 45.3 Å². The number of fused-ring (bicyclic) bond motifs is 1. The Morgan fingerprint density at radius 1 is 1.20 bits per heavy atom. The third-order valence-corrected chi connectivity index (χ3v) is 3.70. The molecule has 3 rings (SSSR count). The molecule has 20 heavy (non-hydrogen) atoms. The van der Waals surface area contributed by atoms with Crippen molar-refractivity contribution >= 4 is 26.8 Å². The van der Waals surface area contributed by atoms with Gasteiger partial charge in [0.05, 0.1) is 11.6 Å². The number of halogens is 1. The van der Waals surface area contributed by atoms with Crippen LogP contribution in [0.15, 0.2) is 57.7 Å². The number of benzene rings is 1. The molecule has 0 amide bonds. The number of hydrogen-bond acceptors (Lipinski definition) is 3. The van der Waals surface area contributed by atoms with Gasteiger partial charge in [0.2, 0.25) is 0 Å². The number of rotatable bonds is 4. The Kier molecular flexibility index (Phi) is 3.85. The number of nitrogens with one attached hydrogen (secondary N) is 1. The first kappa shape index (κ1) is 13.3. The second-order valence-electron chi connectivity index (χ2n) is 4.55. The van der Waals surface area contributed by atoms with Gasteiger partial charge < -0.3 is 9.73 Å². The lowest BCUT2D eigenvalue weighted by Crippen LogP contribution is -2.21. The van der Waals surface area contributed by atoms with Gasteiger partial charge >= 0.3 is 0 Å². The summed E-state index contributed by atoms with van der Waals surface area (Å²) in [6, 6.07) is 14.2. The zero-order chi connectivity index (χ0) is 13.9. The predicted molar refractivity (Wildman–Crippen MR) is 83.7 cm³/mol. The van der Waals surface area contributed by atoms with Crippen LogP contribution in [0.5, 0.6) is 0 Å². The third kappa shape index (κ3) is 2.49. The topological polar surface area (TPSA) is 38.1 Å². The zero-order valence-electron chi connectivity index (χ0n) is 11.1. The van der Waals surface area contributed by atoms with Gasteiger partial charge in [-0.2, -0.15) is 0 Å². The monoisotopic (exact) mass is 330 g/mol. The van der Waals surface area contributed by atoms with Gasteiger partial charge in [0.25, 0.3) is 0 Å². The average Bonchev–Trinajstić information content (AvgIpc) is 2.91. The fourth-order valence-electron chi connectivity index (χ4n) is 2.43. The second kappa shape index (κ2) is 5.77. The molecule has 2 aromatic heterocycles. The normalized spacial score (nSPS) is 12.7. The molecule has 3 nitrogen and oxygen atoms in total. The van der Waals surface area contributed by atoms with Crippen LogP contribution >= 0.6 is 15.9 Å².